The Bertz CT molecular complexity index is 358. The topological polar surface area (TPSA) is 61.8 Å². The second-order valence-electron chi connectivity index (χ2n) is 7.52. The van der Waals surface area contributed by atoms with Gasteiger partial charge < -0.3 is 15.2 Å². The first kappa shape index (κ1) is 18.7. The van der Waals surface area contributed by atoms with E-state index in [1.54, 1.807) is 7.11 Å². The van der Waals surface area contributed by atoms with Crippen molar-refractivity contribution in [2.45, 2.75) is 51.4 Å². The van der Waals surface area contributed by atoms with Gasteiger partial charge in [0.1, 0.15) is 0 Å². The number of hydrogen-bond acceptors (Lipinski definition) is 4. The molecule has 1 amide bonds. The largest absolute Gasteiger partial charge is 0.396 e. The lowest BCUT2D eigenvalue weighted by molar-refractivity contribution is -0.123. The molecule has 1 saturated heterocycles. The van der Waals surface area contributed by atoms with Gasteiger partial charge in [-0.2, -0.15) is 0 Å². The Morgan fingerprint density at radius 2 is 2.09 bits per heavy atom. The smallest absolute Gasteiger partial charge is 0.234 e. The molecule has 0 aromatic carbocycles. The van der Waals surface area contributed by atoms with Crippen molar-refractivity contribution in [1.29, 1.82) is 0 Å². The predicted molar refractivity (Wildman–Crippen MR) is 91.3 cm³/mol. The van der Waals surface area contributed by atoms with Gasteiger partial charge in [-0.3, -0.25) is 9.69 Å². The number of hydrogen-bond donors (Lipinski definition) is 2. The van der Waals surface area contributed by atoms with Crippen molar-refractivity contribution < 1.29 is 14.6 Å². The summed E-state index contributed by atoms with van der Waals surface area (Å²) in [4.78, 5) is 14.4. The quantitative estimate of drug-likeness (QED) is 0.714. The molecule has 23 heavy (non-hydrogen) atoms. The molecule has 1 aliphatic heterocycles. The Labute approximate surface area is 140 Å². The third-order valence-electron chi connectivity index (χ3n) is 5.59. The Morgan fingerprint density at radius 1 is 1.30 bits per heavy atom. The Kier molecular flexibility index (Phi) is 7.80. The van der Waals surface area contributed by atoms with Gasteiger partial charge in [0, 0.05) is 32.2 Å². The number of carbonyl (C=O) groups excluding carboxylic acids is 1. The van der Waals surface area contributed by atoms with Gasteiger partial charge in [-0.15, -0.1) is 0 Å². The summed E-state index contributed by atoms with van der Waals surface area (Å²) in [6.45, 7) is 3.89. The highest BCUT2D eigenvalue weighted by Gasteiger charge is 2.35. The van der Waals surface area contributed by atoms with Gasteiger partial charge in [0.25, 0.3) is 0 Å². The molecule has 2 rings (SSSR count). The zero-order valence-electron chi connectivity index (χ0n) is 14.7. The SMILES string of the molecule is COCC[C@]1(CO)CCCN(CC(=O)NCC2CCCCC2)C1. The number of methoxy groups -OCH3 is 1. The molecule has 0 bridgehead atoms. The summed E-state index contributed by atoms with van der Waals surface area (Å²) in [5, 5.41) is 12.9. The fourth-order valence-electron chi connectivity index (χ4n) is 4.08. The molecule has 2 N–H and O–H groups in total. The lowest BCUT2D eigenvalue weighted by Crippen LogP contribution is -2.49. The highest BCUT2D eigenvalue weighted by Crippen LogP contribution is 2.33. The van der Waals surface area contributed by atoms with Crippen LogP contribution in [-0.2, 0) is 9.53 Å². The van der Waals surface area contributed by atoms with Crippen LogP contribution in [0.4, 0.5) is 0 Å². The zero-order chi connectivity index (χ0) is 16.5. The molecule has 1 atom stereocenters. The Hall–Kier alpha value is -0.650. The first-order valence-corrected chi connectivity index (χ1v) is 9.26. The van der Waals surface area contributed by atoms with Crippen LogP contribution in [0.3, 0.4) is 0 Å². The van der Waals surface area contributed by atoms with E-state index in [9.17, 15) is 9.90 Å². The van der Waals surface area contributed by atoms with E-state index in [2.05, 4.69) is 10.2 Å². The van der Waals surface area contributed by atoms with E-state index in [4.69, 9.17) is 4.74 Å². The summed E-state index contributed by atoms with van der Waals surface area (Å²) >= 11 is 0. The Balaban J connectivity index is 1.73. The number of carbonyl (C=O) groups is 1. The first-order valence-electron chi connectivity index (χ1n) is 9.26. The van der Waals surface area contributed by atoms with E-state index < -0.39 is 0 Å². The molecule has 0 unspecified atom stereocenters. The monoisotopic (exact) mass is 326 g/mol. The Morgan fingerprint density at radius 3 is 2.78 bits per heavy atom. The van der Waals surface area contributed by atoms with Crippen molar-refractivity contribution in [2.75, 3.05) is 46.5 Å². The van der Waals surface area contributed by atoms with Crippen molar-refractivity contribution in [3.05, 3.63) is 0 Å². The fourth-order valence-corrected chi connectivity index (χ4v) is 4.08. The van der Waals surface area contributed by atoms with E-state index in [-0.39, 0.29) is 17.9 Å². The van der Waals surface area contributed by atoms with Crippen LogP contribution >= 0.6 is 0 Å². The minimum Gasteiger partial charge on any atom is -0.396 e. The van der Waals surface area contributed by atoms with Crippen LogP contribution in [0.15, 0.2) is 0 Å². The summed E-state index contributed by atoms with van der Waals surface area (Å²) < 4.78 is 5.18. The number of nitrogens with zero attached hydrogens (tertiary/aromatic N) is 1. The van der Waals surface area contributed by atoms with Crippen LogP contribution in [-0.4, -0.2) is 62.4 Å². The van der Waals surface area contributed by atoms with Crippen LogP contribution < -0.4 is 5.32 Å². The van der Waals surface area contributed by atoms with E-state index >= 15 is 0 Å². The maximum atomic E-state index is 12.2. The molecule has 1 heterocycles. The maximum Gasteiger partial charge on any atom is 0.234 e. The summed E-state index contributed by atoms with van der Waals surface area (Å²) in [5.74, 6) is 0.809. The number of amides is 1. The van der Waals surface area contributed by atoms with E-state index in [0.29, 0.717) is 19.1 Å². The summed E-state index contributed by atoms with van der Waals surface area (Å²) in [7, 11) is 1.70. The second kappa shape index (κ2) is 9.60. The van der Waals surface area contributed by atoms with Gasteiger partial charge in [-0.05, 0) is 44.6 Å². The predicted octanol–water partition coefficient (Wildman–Crippen LogP) is 1.79. The molecule has 0 aromatic rings. The van der Waals surface area contributed by atoms with E-state index in [1.165, 1.54) is 32.1 Å². The zero-order valence-corrected chi connectivity index (χ0v) is 14.7. The molecule has 134 valence electrons. The van der Waals surface area contributed by atoms with Gasteiger partial charge >= 0.3 is 0 Å². The highest BCUT2D eigenvalue weighted by molar-refractivity contribution is 5.78. The average molecular weight is 326 g/mol. The highest BCUT2D eigenvalue weighted by atomic mass is 16.5. The number of rotatable bonds is 8. The van der Waals surface area contributed by atoms with Crippen LogP contribution in [0.25, 0.3) is 0 Å². The lowest BCUT2D eigenvalue weighted by atomic mass is 9.78. The van der Waals surface area contributed by atoms with Gasteiger partial charge in [0.2, 0.25) is 5.91 Å². The van der Waals surface area contributed by atoms with Crippen LogP contribution in [0.2, 0.25) is 0 Å². The second-order valence-corrected chi connectivity index (χ2v) is 7.52. The van der Waals surface area contributed by atoms with E-state index in [0.717, 1.165) is 38.9 Å². The molecule has 2 fully saturated rings. The third-order valence-corrected chi connectivity index (χ3v) is 5.59. The van der Waals surface area contributed by atoms with Crippen molar-refractivity contribution >= 4 is 5.91 Å². The molecular weight excluding hydrogens is 292 g/mol. The molecular formula is C18H34N2O3. The number of nitrogens with one attached hydrogen (secondary N) is 1. The molecule has 0 spiro atoms. The molecule has 0 aromatic heterocycles. The normalized spacial score (nSPS) is 27.0. The number of aliphatic hydroxyl groups is 1. The molecule has 1 saturated carbocycles. The number of aliphatic hydroxyl groups excluding tert-OH is 1. The maximum absolute atomic E-state index is 12.2. The number of ether oxygens (including phenoxy) is 1. The van der Waals surface area contributed by atoms with E-state index in [1.807, 2.05) is 0 Å². The van der Waals surface area contributed by atoms with Gasteiger partial charge in [-0.25, -0.2) is 0 Å². The fraction of sp³-hybridized carbons (Fsp3) is 0.944. The molecule has 1 aliphatic carbocycles. The number of piperidine rings is 1. The summed E-state index contributed by atoms with van der Waals surface area (Å²) in [6, 6.07) is 0. The minimum absolute atomic E-state index is 0.0993. The van der Waals surface area contributed by atoms with Crippen molar-refractivity contribution in [3.8, 4) is 0 Å². The minimum atomic E-state index is -0.0993. The third kappa shape index (κ3) is 6.05. The first-order chi connectivity index (χ1) is 11.2. The van der Waals surface area contributed by atoms with Crippen LogP contribution in [0.1, 0.15) is 51.4 Å². The summed E-state index contributed by atoms with van der Waals surface area (Å²) in [6.07, 6.45) is 9.41. The lowest BCUT2D eigenvalue weighted by Gasteiger charge is -2.41. The van der Waals surface area contributed by atoms with Crippen LogP contribution in [0.5, 0.6) is 0 Å². The van der Waals surface area contributed by atoms with Crippen LogP contribution in [0, 0.1) is 11.3 Å². The molecule has 5 nitrogen and oxygen atoms in total. The van der Waals surface area contributed by atoms with Gasteiger partial charge in [0.15, 0.2) is 0 Å². The number of likely N-dealkylation sites (tertiary alicyclic amines) is 1. The molecule has 2 aliphatic rings. The molecule has 5 heteroatoms. The van der Waals surface area contributed by atoms with Gasteiger partial charge in [-0.1, -0.05) is 19.3 Å². The van der Waals surface area contributed by atoms with Gasteiger partial charge in [0.05, 0.1) is 13.2 Å². The summed E-state index contributed by atoms with van der Waals surface area (Å²) in [5.41, 5.74) is -0.0993. The average Bonchev–Trinajstić information content (AvgIpc) is 2.59. The van der Waals surface area contributed by atoms with Crippen molar-refractivity contribution in [2.24, 2.45) is 11.3 Å². The standard InChI is InChI=1S/C18H34N2O3/c1-23-11-9-18(15-21)8-5-10-20(14-18)13-17(22)19-12-16-6-3-2-4-7-16/h16,21H,2-15H2,1H3,(H,19,22)/t18-/m1/s1. The van der Waals surface area contributed by atoms with Crippen molar-refractivity contribution in [3.63, 3.8) is 0 Å². The molecule has 0 radical (unpaired) electrons. The van der Waals surface area contributed by atoms with Crippen molar-refractivity contribution in [1.82, 2.24) is 10.2 Å².